The van der Waals surface area contributed by atoms with Gasteiger partial charge in [0.1, 0.15) is 12.7 Å². The summed E-state index contributed by atoms with van der Waals surface area (Å²) in [5.74, 6) is 0. The van der Waals surface area contributed by atoms with Gasteiger partial charge in [-0.15, -0.1) is 10.2 Å². The molecule has 4 nitrogen and oxygen atoms in total. The second-order valence-corrected chi connectivity index (χ2v) is 3.01. The summed E-state index contributed by atoms with van der Waals surface area (Å²) < 4.78 is 2.12. The van der Waals surface area contributed by atoms with Crippen LogP contribution in [0, 0.1) is 0 Å². The molecular weight excluding hydrogens is 140 g/mol. The maximum absolute atomic E-state index is 3.80. The van der Waals surface area contributed by atoms with Gasteiger partial charge in [-0.05, 0) is 0 Å². The minimum absolute atomic E-state index is 0.648. The molecule has 11 heavy (non-hydrogen) atoms. The number of hydrogen-bond donors (Lipinski definition) is 1. The number of quaternary nitrogens is 1. The highest BCUT2D eigenvalue weighted by Crippen LogP contribution is 2.13. The van der Waals surface area contributed by atoms with Gasteiger partial charge in [0.25, 0.3) is 0 Å². The zero-order valence-corrected chi connectivity index (χ0v) is 6.48. The minimum Gasteiger partial charge on any atom is -0.346 e. The summed E-state index contributed by atoms with van der Waals surface area (Å²) in [5.41, 5.74) is 0. The number of nitrogens with two attached hydrogens (primary N) is 1. The maximum Gasteiger partial charge on any atom is 0.119 e. The predicted molar refractivity (Wildman–Crippen MR) is 40.0 cm³/mol. The van der Waals surface area contributed by atoms with Gasteiger partial charge in [-0.1, -0.05) is 0 Å². The van der Waals surface area contributed by atoms with Gasteiger partial charge in [-0.2, -0.15) is 0 Å². The lowest BCUT2D eigenvalue weighted by molar-refractivity contribution is -0.664. The molecule has 0 atom stereocenters. The summed E-state index contributed by atoms with van der Waals surface area (Å²) in [6, 6.07) is 0.648. The summed E-state index contributed by atoms with van der Waals surface area (Å²) in [4.78, 5) is 0. The van der Waals surface area contributed by atoms with Crippen molar-refractivity contribution in [2.75, 3.05) is 13.1 Å². The van der Waals surface area contributed by atoms with Crippen molar-refractivity contribution in [1.82, 2.24) is 14.8 Å². The fourth-order valence-electron chi connectivity index (χ4n) is 1.60. The van der Waals surface area contributed by atoms with Crippen molar-refractivity contribution in [2.45, 2.75) is 18.9 Å². The predicted octanol–water partition coefficient (Wildman–Crippen LogP) is -0.824. The monoisotopic (exact) mass is 153 g/mol. The Morgan fingerprint density at radius 2 is 1.82 bits per heavy atom. The average molecular weight is 153 g/mol. The Morgan fingerprint density at radius 3 is 2.45 bits per heavy atom. The molecular formula is C7H13N4+. The molecule has 1 aromatic heterocycles. The zero-order chi connectivity index (χ0) is 7.52. The third-order valence-corrected chi connectivity index (χ3v) is 2.27. The molecule has 0 amide bonds. The van der Waals surface area contributed by atoms with Gasteiger partial charge in [-0.3, -0.25) is 0 Å². The first-order valence-electron chi connectivity index (χ1n) is 4.12. The minimum atomic E-state index is 0.648. The van der Waals surface area contributed by atoms with E-state index in [-0.39, 0.29) is 0 Å². The molecule has 4 heteroatoms. The molecule has 0 spiro atoms. The summed E-state index contributed by atoms with van der Waals surface area (Å²) >= 11 is 0. The normalized spacial score (nSPS) is 20.4. The lowest BCUT2D eigenvalue weighted by atomic mass is 10.1. The van der Waals surface area contributed by atoms with Crippen molar-refractivity contribution in [1.29, 1.82) is 0 Å². The first-order chi connectivity index (χ1) is 5.47. The molecule has 0 unspecified atom stereocenters. The van der Waals surface area contributed by atoms with E-state index in [0.717, 1.165) is 0 Å². The highest BCUT2D eigenvalue weighted by molar-refractivity contribution is 4.73. The van der Waals surface area contributed by atoms with Crippen LogP contribution in [0.5, 0.6) is 0 Å². The number of aromatic nitrogens is 3. The van der Waals surface area contributed by atoms with Crippen LogP contribution in [0.15, 0.2) is 12.7 Å². The molecule has 2 rings (SSSR count). The lowest BCUT2D eigenvalue weighted by Crippen LogP contribution is -2.86. The van der Waals surface area contributed by atoms with Crippen LogP contribution in [-0.2, 0) is 0 Å². The molecule has 1 aliphatic rings. The molecule has 1 aromatic rings. The molecule has 0 aromatic carbocycles. The molecule has 0 saturated carbocycles. The van der Waals surface area contributed by atoms with Crippen molar-refractivity contribution < 1.29 is 5.32 Å². The first-order valence-corrected chi connectivity index (χ1v) is 4.12. The summed E-state index contributed by atoms with van der Waals surface area (Å²) in [6.45, 7) is 2.48. The van der Waals surface area contributed by atoms with Gasteiger partial charge in [0.15, 0.2) is 0 Å². The van der Waals surface area contributed by atoms with Crippen molar-refractivity contribution in [3.63, 3.8) is 0 Å². The molecule has 0 aliphatic carbocycles. The molecule has 1 saturated heterocycles. The topological polar surface area (TPSA) is 47.3 Å². The standard InChI is InChI=1S/C7H12N4/c1-3-8-4-2-7(1)11-5-9-10-6-11/h5-8H,1-4H2/p+1. The third-order valence-electron chi connectivity index (χ3n) is 2.27. The van der Waals surface area contributed by atoms with Gasteiger partial charge >= 0.3 is 0 Å². The molecule has 2 heterocycles. The van der Waals surface area contributed by atoms with Crippen LogP contribution in [0.4, 0.5) is 0 Å². The van der Waals surface area contributed by atoms with E-state index in [1.807, 2.05) is 12.7 Å². The molecule has 0 bridgehead atoms. The molecule has 0 radical (unpaired) electrons. The van der Waals surface area contributed by atoms with Crippen molar-refractivity contribution in [3.8, 4) is 0 Å². The second kappa shape index (κ2) is 3.00. The Balaban J connectivity index is 2.04. The van der Waals surface area contributed by atoms with Gasteiger partial charge in [0.2, 0.25) is 0 Å². The zero-order valence-electron chi connectivity index (χ0n) is 6.48. The van der Waals surface area contributed by atoms with E-state index in [1.54, 1.807) is 0 Å². The highest BCUT2D eigenvalue weighted by Gasteiger charge is 2.16. The van der Waals surface area contributed by atoms with Crippen molar-refractivity contribution in [3.05, 3.63) is 12.7 Å². The number of hydrogen-bond acceptors (Lipinski definition) is 2. The van der Waals surface area contributed by atoms with Crippen LogP contribution in [0.25, 0.3) is 0 Å². The van der Waals surface area contributed by atoms with E-state index in [0.29, 0.717) is 6.04 Å². The second-order valence-electron chi connectivity index (χ2n) is 3.01. The largest absolute Gasteiger partial charge is 0.346 e. The van der Waals surface area contributed by atoms with Crippen LogP contribution >= 0.6 is 0 Å². The molecule has 2 N–H and O–H groups in total. The molecule has 60 valence electrons. The number of rotatable bonds is 1. The third kappa shape index (κ3) is 1.40. The first kappa shape index (κ1) is 6.79. The van der Waals surface area contributed by atoms with Crippen molar-refractivity contribution in [2.24, 2.45) is 0 Å². The molecule has 1 fully saturated rings. The summed E-state index contributed by atoms with van der Waals surface area (Å²) in [7, 11) is 0. The Hall–Kier alpha value is -0.900. The quantitative estimate of drug-likeness (QED) is 0.573. The number of piperidine rings is 1. The smallest absolute Gasteiger partial charge is 0.119 e. The van der Waals surface area contributed by atoms with E-state index >= 15 is 0 Å². The lowest BCUT2D eigenvalue weighted by Gasteiger charge is -2.20. The van der Waals surface area contributed by atoms with Gasteiger partial charge in [-0.25, -0.2) is 0 Å². The Kier molecular flexibility index (Phi) is 1.85. The number of nitrogens with zero attached hydrogens (tertiary/aromatic N) is 3. The van der Waals surface area contributed by atoms with Gasteiger partial charge < -0.3 is 9.88 Å². The van der Waals surface area contributed by atoms with Gasteiger partial charge in [0, 0.05) is 18.9 Å². The van der Waals surface area contributed by atoms with E-state index in [2.05, 4.69) is 20.1 Å². The van der Waals surface area contributed by atoms with Crippen LogP contribution in [0.3, 0.4) is 0 Å². The Labute approximate surface area is 65.6 Å². The van der Waals surface area contributed by atoms with Gasteiger partial charge in [0.05, 0.1) is 13.1 Å². The Morgan fingerprint density at radius 1 is 1.18 bits per heavy atom. The Bertz CT molecular complexity index is 200. The van der Waals surface area contributed by atoms with Crippen LogP contribution < -0.4 is 5.32 Å². The average Bonchev–Trinajstić information content (AvgIpc) is 2.58. The fourth-order valence-corrected chi connectivity index (χ4v) is 1.60. The summed E-state index contributed by atoms with van der Waals surface area (Å²) in [5, 5.41) is 9.96. The van der Waals surface area contributed by atoms with E-state index in [4.69, 9.17) is 0 Å². The molecule has 1 aliphatic heterocycles. The maximum atomic E-state index is 3.80. The van der Waals surface area contributed by atoms with Crippen molar-refractivity contribution >= 4 is 0 Å². The highest BCUT2D eigenvalue weighted by atomic mass is 15.2. The van der Waals surface area contributed by atoms with E-state index in [1.165, 1.54) is 25.9 Å². The SMILES string of the molecule is c1nncn1C1CC[NH2+]CC1. The van der Waals surface area contributed by atoms with Crippen LogP contribution in [0.1, 0.15) is 18.9 Å². The van der Waals surface area contributed by atoms with E-state index in [9.17, 15) is 0 Å². The fraction of sp³-hybridized carbons (Fsp3) is 0.714. The van der Waals surface area contributed by atoms with Crippen LogP contribution in [-0.4, -0.2) is 27.9 Å². The van der Waals surface area contributed by atoms with Crippen LogP contribution in [0.2, 0.25) is 0 Å². The van der Waals surface area contributed by atoms with E-state index < -0.39 is 0 Å². The summed E-state index contributed by atoms with van der Waals surface area (Å²) in [6.07, 6.45) is 6.13.